The lowest BCUT2D eigenvalue weighted by Crippen LogP contribution is -1.98. The molecule has 0 N–H and O–H groups in total. The van der Waals surface area contributed by atoms with E-state index in [9.17, 15) is 0 Å². The minimum atomic E-state index is 0.0462. The first kappa shape index (κ1) is 15.4. The number of hydrogen-bond donors (Lipinski definition) is 0. The Hall–Kier alpha value is -2.48. The number of ether oxygens (including phenoxy) is 2. The summed E-state index contributed by atoms with van der Waals surface area (Å²) in [5.41, 5.74) is 4.99. The summed E-state index contributed by atoms with van der Waals surface area (Å²) < 4.78 is 10.5. The van der Waals surface area contributed by atoms with Gasteiger partial charge >= 0.3 is 0 Å². The predicted molar refractivity (Wildman–Crippen MR) is 95.7 cm³/mol. The molecule has 2 aromatic carbocycles. The maximum atomic E-state index is 5.26. The average Bonchev–Trinajstić information content (AvgIpc) is 2.91. The second-order valence-electron chi connectivity index (χ2n) is 6.39. The highest BCUT2D eigenvalue weighted by Gasteiger charge is 2.25. The zero-order valence-electron chi connectivity index (χ0n) is 14.1. The predicted octanol–water partition coefficient (Wildman–Crippen LogP) is 5.21. The molecule has 3 rings (SSSR count). The minimum Gasteiger partial charge on any atom is -0.497 e. The number of allylic oxidation sites excluding steroid dienone is 4. The summed E-state index contributed by atoms with van der Waals surface area (Å²) >= 11 is 0. The Morgan fingerprint density at radius 2 is 0.957 bits per heavy atom. The Kier molecular flexibility index (Phi) is 3.99. The van der Waals surface area contributed by atoms with Gasteiger partial charge in [-0.2, -0.15) is 0 Å². The van der Waals surface area contributed by atoms with Gasteiger partial charge in [0, 0.05) is 5.41 Å². The Morgan fingerprint density at radius 1 is 0.609 bits per heavy atom. The molecule has 0 radical (unpaired) electrons. The molecule has 0 unspecified atom stereocenters. The molecular weight excluding hydrogens is 284 g/mol. The molecular formula is C21H22O2. The van der Waals surface area contributed by atoms with Crippen LogP contribution in [0.25, 0.3) is 11.1 Å². The van der Waals surface area contributed by atoms with E-state index in [4.69, 9.17) is 9.47 Å². The molecule has 23 heavy (non-hydrogen) atoms. The molecule has 0 amide bonds. The van der Waals surface area contributed by atoms with E-state index in [1.54, 1.807) is 14.2 Å². The number of rotatable bonds is 4. The van der Waals surface area contributed by atoms with Crippen LogP contribution in [-0.4, -0.2) is 14.2 Å². The normalized spacial score (nSPS) is 15.8. The molecule has 1 aliphatic rings. The van der Waals surface area contributed by atoms with Gasteiger partial charge in [0.25, 0.3) is 0 Å². The van der Waals surface area contributed by atoms with Crippen LogP contribution >= 0.6 is 0 Å². The number of methoxy groups -OCH3 is 2. The number of benzene rings is 2. The van der Waals surface area contributed by atoms with Crippen molar-refractivity contribution in [2.45, 2.75) is 13.8 Å². The van der Waals surface area contributed by atoms with Crippen molar-refractivity contribution in [2.75, 3.05) is 14.2 Å². The zero-order valence-corrected chi connectivity index (χ0v) is 14.1. The van der Waals surface area contributed by atoms with E-state index >= 15 is 0 Å². The first-order chi connectivity index (χ1) is 11.0. The summed E-state index contributed by atoms with van der Waals surface area (Å²) in [5, 5.41) is 0. The minimum absolute atomic E-state index is 0.0462. The molecule has 0 saturated heterocycles. The van der Waals surface area contributed by atoms with E-state index in [-0.39, 0.29) is 5.41 Å². The van der Waals surface area contributed by atoms with E-state index in [0.717, 1.165) is 11.5 Å². The summed E-state index contributed by atoms with van der Waals surface area (Å²) in [6, 6.07) is 16.5. The third-order valence-corrected chi connectivity index (χ3v) is 4.12. The van der Waals surface area contributed by atoms with E-state index < -0.39 is 0 Å². The molecule has 0 fully saturated rings. The molecule has 2 nitrogen and oxygen atoms in total. The fourth-order valence-corrected chi connectivity index (χ4v) is 2.96. The van der Waals surface area contributed by atoms with Crippen LogP contribution in [-0.2, 0) is 0 Å². The molecule has 0 aromatic heterocycles. The SMILES string of the molecule is COc1ccc(C2=CC(C)(C)C=C2c2ccc(OC)cc2)cc1. The maximum absolute atomic E-state index is 5.26. The molecule has 0 heterocycles. The van der Waals surface area contributed by atoms with Gasteiger partial charge in [-0.1, -0.05) is 50.3 Å². The van der Waals surface area contributed by atoms with Crippen molar-refractivity contribution in [2.24, 2.45) is 5.41 Å². The van der Waals surface area contributed by atoms with Crippen molar-refractivity contribution >= 4 is 11.1 Å². The molecule has 118 valence electrons. The van der Waals surface area contributed by atoms with Crippen molar-refractivity contribution in [3.8, 4) is 11.5 Å². The molecule has 0 aliphatic heterocycles. The van der Waals surface area contributed by atoms with Gasteiger partial charge in [-0.3, -0.25) is 0 Å². The monoisotopic (exact) mass is 306 g/mol. The van der Waals surface area contributed by atoms with Crippen LogP contribution in [0.5, 0.6) is 11.5 Å². The van der Waals surface area contributed by atoms with Gasteiger partial charge in [-0.25, -0.2) is 0 Å². The highest BCUT2D eigenvalue weighted by atomic mass is 16.5. The summed E-state index contributed by atoms with van der Waals surface area (Å²) in [4.78, 5) is 0. The molecule has 1 aliphatic carbocycles. The zero-order chi connectivity index (χ0) is 16.4. The molecule has 0 spiro atoms. The Morgan fingerprint density at radius 3 is 1.26 bits per heavy atom. The van der Waals surface area contributed by atoms with Gasteiger partial charge in [0.15, 0.2) is 0 Å². The van der Waals surface area contributed by atoms with Gasteiger partial charge in [0.2, 0.25) is 0 Å². The highest BCUT2D eigenvalue weighted by molar-refractivity contribution is 6.07. The van der Waals surface area contributed by atoms with Gasteiger partial charge in [-0.15, -0.1) is 0 Å². The highest BCUT2D eigenvalue weighted by Crippen LogP contribution is 2.44. The standard InChI is InChI=1S/C21H22O2/c1-21(2)13-19(15-5-9-17(22-3)10-6-15)20(14-21)16-7-11-18(23-4)12-8-16/h5-14H,1-4H3. The first-order valence-electron chi connectivity index (χ1n) is 7.77. The molecule has 0 atom stereocenters. The molecule has 2 aromatic rings. The van der Waals surface area contributed by atoms with Gasteiger partial charge < -0.3 is 9.47 Å². The Labute approximate surface area is 138 Å². The number of hydrogen-bond acceptors (Lipinski definition) is 2. The van der Waals surface area contributed by atoms with E-state index in [2.05, 4.69) is 50.3 Å². The van der Waals surface area contributed by atoms with Crippen molar-refractivity contribution in [3.05, 3.63) is 71.8 Å². The van der Waals surface area contributed by atoms with Gasteiger partial charge in [0.05, 0.1) is 14.2 Å². The van der Waals surface area contributed by atoms with Crippen LogP contribution in [0.1, 0.15) is 25.0 Å². The largest absolute Gasteiger partial charge is 0.497 e. The quantitative estimate of drug-likeness (QED) is 0.772. The van der Waals surface area contributed by atoms with Crippen LogP contribution < -0.4 is 9.47 Å². The van der Waals surface area contributed by atoms with Crippen molar-refractivity contribution < 1.29 is 9.47 Å². The van der Waals surface area contributed by atoms with Gasteiger partial charge in [-0.05, 0) is 46.5 Å². The third-order valence-electron chi connectivity index (χ3n) is 4.12. The lowest BCUT2D eigenvalue weighted by atomic mass is 9.95. The second-order valence-corrected chi connectivity index (χ2v) is 6.39. The van der Waals surface area contributed by atoms with Crippen molar-refractivity contribution in [3.63, 3.8) is 0 Å². The molecule has 0 saturated carbocycles. The van der Waals surface area contributed by atoms with Crippen LogP contribution in [0.4, 0.5) is 0 Å². The lowest BCUT2D eigenvalue weighted by Gasteiger charge is -2.11. The summed E-state index contributed by atoms with van der Waals surface area (Å²) in [6.07, 6.45) is 4.66. The fourth-order valence-electron chi connectivity index (χ4n) is 2.96. The summed E-state index contributed by atoms with van der Waals surface area (Å²) in [6.45, 7) is 4.46. The Bertz CT molecular complexity index is 682. The second kappa shape index (κ2) is 5.96. The van der Waals surface area contributed by atoms with Crippen LogP contribution in [0.2, 0.25) is 0 Å². The van der Waals surface area contributed by atoms with Crippen molar-refractivity contribution in [1.82, 2.24) is 0 Å². The van der Waals surface area contributed by atoms with Crippen molar-refractivity contribution in [1.29, 1.82) is 0 Å². The van der Waals surface area contributed by atoms with E-state index in [1.165, 1.54) is 22.3 Å². The van der Waals surface area contributed by atoms with Gasteiger partial charge in [0.1, 0.15) is 11.5 Å². The molecule has 2 heteroatoms. The smallest absolute Gasteiger partial charge is 0.118 e. The topological polar surface area (TPSA) is 18.5 Å². The fraction of sp³-hybridized carbons (Fsp3) is 0.238. The summed E-state index contributed by atoms with van der Waals surface area (Å²) in [7, 11) is 3.38. The Balaban J connectivity index is 2.01. The maximum Gasteiger partial charge on any atom is 0.118 e. The molecule has 0 bridgehead atoms. The van der Waals surface area contributed by atoms with Crippen LogP contribution in [0, 0.1) is 5.41 Å². The van der Waals surface area contributed by atoms with E-state index in [1.807, 2.05) is 24.3 Å². The average molecular weight is 306 g/mol. The third kappa shape index (κ3) is 3.16. The lowest BCUT2D eigenvalue weighted by molar-refractivity contribution is 0.414. The van der Waals surface area contributed by atoms with E-state index in [0.29, 0.717) is 0 Å². The van der Waals surface area contributed by atoms with Crippen LogP contribution in [0.15, 0.2) is 60.7 Å². The van der Waals surface area contributed by atoms with Crippen LogP contribution in [0.3, 0.4) is 0 Å². The first-order valence-corrected chi connectivity index (χ1v) is 7.77. The summed E-state index contributed by atoms with van der Waals surface area (Å²) in [5.74, 6) is 1.75.